The van der Waals surface area contributed by atoms with Gasteiger partial charge in [-0.25, -0.2) is 0 Å². The van der Waals surface area contributed by atoms with Crippen molar-refractivity contribution in [3.63, 3.8) is 0 Å². The van der Waals surface area contributed by atoms with Crippen LogP contribution in [0.3, 0.4) is 0 Å². The van der Waals surface area contributed by atoms with E-state index in [0.29, 0.717) is 0 Å². The zero-order chi connectivity index (χ0) is 11.4. The first-order chi connectivity index (χ1) is 7.74. The molecule has 0 aromatic carbocycles. The van der Waals surface area contributed by atoms with Gasteiger partial charge in [-0.15, -0.1) is 0 Å². The van der Waals surface area contributed by atoms with Gasteiger partial charge in [-0.3, -0.25) is 0 Å². The van der Waals surface area contributed by atoms with Crippen molar-refractivity contribution in [1.82, 2.24) is 0 Å². The summed E-state index contributed by atoms with van der Waals surface area (Å²) in [7, 11) is 0. The molecule has 0 heterocycles. The van der Waals surface area contributed by atoms with Crippen molar-refractivity contribution in [2.75, 3.05) is 0 Å². The number of rotatable bonds is 3. The van der Waals surface area contributed by atoms with E-state index in [1.165, 1.54) is 57.8 Å². The molecule has 2 rings (SSSR count). The predicted molar refractivity (Wildman–Crippen MR) is 71.5 cm³/mol. The lowest BCUT2D eigenvalue weighted by Gasteiger charge is -2.44. The highest BCUT2D eigenvalue weighted by atomic mass is 14.4. The molecule has 16 heavy (non-hydrogen) atoms. The van der Waals surface area contributed by atoms with Gasteiger partial charge in [0.1, 0.15) is 0 Å². The fourth-order valence-electron chi connectivity index (χ4n) is 4.32. The van der Waals surface area contributed by atoms with E-state index in [-0.39, 0.29) is 0 Å². The third kappa shape index (κ3) is 2.81. The lowest BCUT2D eigenvalue weighted by molar-refractivity contribution is 0.0719. The lowest BCUT2D eigenvalue weighted by atomic mass is 9.61. The fourth-order valence-corrected chi connectivity index (χ4v) is 4.32. The van der Waals surface area contributed by atoms with E-state index in [0.717, 1.165) is 17.3 Å². The van der Waals surface area contributed by atoms with E-state index in [9.17, 15) is 0 Å². The summed E-state index contributed by atoms with van der Waals surface area (Å²) < 4.78 is 0. The summed E-state index contributed by atoms with van der Waals surface area (Å²) in [6, 6.07) is 0. The topological polar surface area (TPSA) is 0 Å². The van der Waals surface area contributed by atoms with Gasteiger partial charge in [0.15, 0.2) is 0 Å². The van der Waals surface area contributed by atoms with Gasteiger partial charge in [-0.05, 0) is 42.9 Å². The van der Waals surface area contributed by atoms with E-state index in [1.807, 2.05) is 0 Å². The summed E-state index contributed by atoms with van der Waals surface area (Å²) in [4.78, 5) is 0. The van der Waals surface area contributed by atoms with Crippen LogP contribution in [0, 0.1) is 17.3 Å². The van der Waals surface area contributed by atoms with Gasteiger partial charge in [-0.1, -0.05) is 58.8 Å². The second kappa shape index (κ2) is 5.56. The van der Waals surface area contributed by atoms with E-state index in [4.69, 9.17) is 0 Å². The summed E-state index contributed by atoms with van der Waals surface area (Å²) >= 11 is 0. The number of hydrogen-bond donors (Lipinski definition) is 0. The molecular formula is C16H30. The minimum Gasteiger partial charge on any atom is -0.0654 e. The van der Waals surface area contributed by atoms with E-state index < -0.39 is 0 Å². The summed E-state index contributed by atoms with van der Waals surface area (Å²) in [5.74, 6) is 2.15. The first-order valence-electron chi connectivity index (χ1n) is 7.74. The lowest BCUT2D eigenvalue weighted by Crippen LogP contribution is -2.32. The van der Waals surface area contributed by atoms with Gasteiger partial charge in [-0.2, -0.15) is 0 Å². The van der Waals surface area contributed by atoms with E-state index >= 15 is 0 Å². The van der Waals surface area contributed by atoms with Crippen LogP contribution < -0.4 is 0 Å². The second-order valence-corrected chi connectivity index (χ2v) is 6.72. The SMILES string of the molecule is CCCC1CCC(C2(C)CCCCC2)CC1. The molecule has 0 aromatic rings. The van der Waals surface area contributed by atoms with Crippen LogP contribution in [-0.4, -0.2) is 0 Å². The Morgan fingerprint density at radius 2 is 1.56 bits per heavy atom. The quantitative estimate of drug-likeness (QED) is 0.586. The molecule has 0 nitrogen and oxygen atoms in total. The standard InChI is InChI=1S/C16H30/c1-3-7-14-8-10-15(11-9-14)16(2)12-5-4-6-13-16/h14-15H,3-13H2,1-2H3. The Morgan fingerprint density at radius 3 is 2.12 bits per heavy atom. The molecule has 2 aliphatic rings. The maximum Gasteiger partial charge on any atom is -0.0298 e. The highest BCUT2D eigenvalue weighted by Crippen LogP contribution is 2.49. The van der Waals surface area contributed by atoms with Crippen LogP contribution in [0.5, 0.6) is 0 Å². The summed E-state index contributed by atoms with van der Waals surface area (Å²) in [5, 5.41) is 0. The first-order valence-corrected chi connectivity index (χ1v) is 7.74. The minimum atomic E-state index is 0.732. The minimum absolute atomic E-state index is 0.732. The van der Waals surface area contributed by atoms with E-state index in [2.05, 4.69) is 13.8 Å². The Labute approximate surface area is 102 Å². The predicted octanol–water partition coefficient (Wildman–Crippen LogP) is 5.56. The maximum atomic E-state index is 2.59. The molecular weight excluding hydrogens is 192 g/mol. The van der Waals surface area contributed by atoms with Crippen LogP contribution in [0.4, 0.5) is 0 Å². The van der Waals surface area contributed by atoms with Crippen molar-refractivity contribution in [2.24, 2.45) is 17.3 Å². The van der Waals surface area contributed by atoms with E-state index in [1.54, 1.807) is 12.8 Å². The molecule has 0 unspecified atom stereocenters. The van der Waals surface area contributed by atoms with Gasteiger partial charge in [0.05, 0.1) is 0 Å². The van der Waals surface area contributed by atoms with Crippen molar-refractivity contribution in [1.29, 1.82) is 0 Å². The molecule has 94 valence electrons. The molecule has 0 amide bonds. The molecule has 0 atom stereocenters. The molecule has 0 saturated heterocycles. The van der Waals surface area contributed by atoms with Gasteiger partial charge < -0.3 is 0 Å². The van der Waals surface area contributed by atoms with Crippen molar-refractivity contribution >= 4 is 0 Å². The third-order valence-corrected chi connectivity index (χ3v) is 5.53. The van der Waals surface area contributed by atoms with Crippen molar-refractivity contribution in [3.8, 4) is 0 Å². The van der Waals surface area contributed by atoms with Crippen molar-refractivity contribution in [2.45, 2.75) is 84.5 Å². The van der Waals surface area contributed by atoms with Gasteiger partial charge in [0, 0.05) is 0 Å². The van der Waals surface area contributed by atoms with Crippen LogP contribution in [-0.2, 0) is 0 Å². The van der Waals surface area contributed by atoms with Gasteiger partial charge >= 0.3 is 0 Å². The zero-order valence-corrected chi connectivity index (χ0v) is 11.4. The highest BCUT2D eigenvalue weighted by Gasteiger charge is 2.37. The number of hydrogen-bond acceptors (Lipinski definition) is 0. The summed E-state index contributed by atoms with van der Waals surface area (Å²) in [6.07, 6.45) is 16.6. The Balaban J connectivity index is 1.83. The molecule has 0 bridgehead atoms. The molecule has 0 spiro atoms. The molecule has 2 aliphatic carbocycles. The van der Waals surface area contributed by atoms with Crippen LogP contribution in [0.15, 0.2) is 0 Å². The largest absolute Gasteiger partial charge is 0.0654 e. The van der Waals surface area contributed by atoms with Crippen LogP contribution in [0.1, 0.15) is 84.5 Å². The highest BCUT2D eigenvalue weighted by molar-refractivity contribution is 4.88. The summed E-state index contributed by atoms with van der Waals surface area (Å²) in [6.45, 7) is 4.94. The maximum absolute atomic E-state index is 2.59. The molecule has 2 fully saturated rings. The molecule has 2 saturated carbocycles. The molecule has 0 heteroatoms. The molecule has 0 aliphatic heterocycles. The monoisotopic (exact) mass is 222 g/mol. The Kier molecular flexibility index (Phi) is 4.33. The van der Waals surface area contributed by atoms with Crippen LogP contribution >= 0.6 is 0 Å². The first kappa shape index (κ1) is 12.5. The van der Waals surface area contributed by atoms with Gasteiger partial charge in [0.25, 0.3) is 0 Å². The van der Waals surface area contributed by atoms with Crippen LogP contribution in [0.25, 0.3) is 0 Å². The Bertz CT molecular complexity index is 192. The average molecular weight is 222 g/mol. The normalized spacial score (nSPS) is 34.9. The van der Waals surface area contributed by atoms with Gasteiger partial charge in [0.2, 0.25) is 0 Å². The Hall–Kier alpha value is 0. The smallest absolute Gasteiger partial charge is 0.0298 e. The third-order valence-electron chi connectivity index (χ3n) is 5.53. The molecule has 0 N–H and O–H groups in total. The molecule has 0 radical (unpaired) electrons. The fraction of sp³-hybridized carbons (Fsp3) is 1.00. The molecule has 0 aromatic heterocycles. The van der Waals surface area contributed by atoms with Crippen molar-refractivity contribution < 1.29 is 0 Å². The van der Waals surface area contributed by atoms with Crippen LogP contribution in [0.2, 0.25) is 0 Å². The van der Waals surface area contributed by atoms with Crippen molar-refractivity contribution in [3.05, 3.63) is 0 Å². The Morgan fingerprint density at radius 1 is 0.938 bits per heavy atom. The second-order valence-electron chi connectivity index (χ2n) is 6.72. The average Bonchev–Trinajstić information content (AvgIpc) is 2.31. The zero-order valence-electron chi connectivity index (χ0n) is 11.4. The summed E-state index contributed by atoms with van der Waals surface area (Å²) in [5.41, 5.74) is 0.732.